The van der Waals surface area contributed by atoms with Gasteiger partial charge in [-0.15, -0.1) is 0 Å². The van der Waals surface area contributed by atoms with Crippen LogP contribution in [0.1, 0.15) is 45.8 Å². The van der Waals surface area contributed by atoms with E-state index in [1.54, 1.807) is 6.07 Å². The van der Waals surface area contributed by atoms with Crippen LogP contribution >= 0.6 is 0 Å². The van der Waals surface area contributed by atoms with Crippen LogP contribution in [0.2, 0.25) is 0 Å². The number of hydrogen-bond donors (Lipinski definition) is 0. The third-order valence-corrected chi connectivity index (χ3v) is 4.95. The largest absolute Gasteiger partial charge is 0.416 e. The molecule has 28 heavy (non-hydrogen) atoms. The van der Waals surface area contributed by atoms with E-state index in [0.717, 1.165) is 30.3 Å². The molecule has 1 heterocycles. The number of piperidine rings is 1. The molecule has 1 aliphatic rings. The number of halogens is 6. The summed E-state index contributed by atoms with van der Waals surface area (Å²) in [5, 5.41) is 0. The van der Waals surface area contributed by atoms with E-state index in [-0.39, 0.29) is 30.1 Å². The van der Waals surface area contributed by atoms with Crippen molar-refractivity contribution in [1.29, 1.82) is 0 Å². The molecule has 0 atom stereocenters. The Kier molecular flexibility index (Phi) is 5.41. The quantitative estimate of drug-likeness (QED) is 0.588. The summed E-state index contributed by atoms with van der Waals surface area (Å²) in [7, 11) is 0. The topological polar surface area (TPSA) is 20.3 Å². The molecule has 8 heteroatoms. The van der Waals surface area contributed by atoms with E-state index in [0.29, 0.717) is 12.8 Å². The van der Waals surface area contributed by atoms with E-state index < -0.39 is 29.4 Å². The number of alkyl halides is 6. The first kappa shape index (κ1) is 20.2. The van der Waals surface area contributed by atoms with E-state index in [4.69, 9.17) is 0 Å². The summed E-state index contributed by atoms with van der Waals surface area (Å²) in [6.07, 6.45) is -8.20. The molecule has 2 aromatic carbocycles. The normalized spacial score (nSPS) is 16.3. The fourth-order valence-electron chi connectivity index (χ4n) is 3.49. The van der Waals surface area contributed by atoms with Crippen LogP contribution in [0.15, 0.2) is 48.5 Å². The van der Waals surface area contributed by atoms with Crippen LogP contribution < -0.4 is 0 Å². The van der Waals surface area contributed by atoms with Crippen molar-refractivity contribution in [3.05, 3.63) is 70.8 Å². The average Bonchev–Trinajstić information content (AvgIpc) is 2.66. The molecule has 0 unspecified atom stereocenters. The SMILES string of the molecule is O=C(c1ccc(C(F)(F)F)cc1)N1CCC(c2ccccc2C(F)(F)F)CC1. The molecule has 0 bridgehead atoms. The van der Waals surface area contributed by atoms with Crippen molar-refractivity contribution in [2.75, 3.05) is 13.1 Å². The van der Waals surface area contributed by atoms with Gasteiger partial charge in [-0.25, -0.2) is 0 Å². The number of hydrogen-bond acceptors (Lipinski definition) is 1. The fourth-order valence-corrected chi connectivity index (χ4v) is 3.49. The Morgan fingerprint density at radius 1 is 0.821 bits per heavy atom. The molecule has 150 valence electrons. The predicted octanol–water partition coefficient (Wildman–Crippen LogP) is 5.74. The van der Waals surface area contributed by atoms with Crippen LogP contribution in [0.4, 0.5) is 26.3 Å². The summed E-state index contributed by atoms with van der Waals surface area (Å²) in [4.78, 5) is 14.0. The zero-order valence-electron chi connectivity index (χ0n) is 14.6. The first-order valence-electron chi connectivity index (χ1n) is 8.70. The lowest BCUT2D eigenvalue weighted by Gasteiger charge is -2.33. The van der Waals surface area contributed by atoms with Gasteiger partial charge in [-0.05, 0) is 54.7 Å². The van der Waals surface area contributed by atoms with Gasteiger partial charge in [0.2, 0.25) is 0 Å². The number of benzene rings is 2. The molecular formula is C20H17F6NO. The maximum Gasteiger partial charge on any atom is 0.416 e. The molecule has 1 saturated heterocycles. The van der Waals surface area contributed by atoms with Crippen molar-refractivity contribution in [1.82, 2.24) is 4.90 Å². The van der Waals surface area contributed by atoms with Crippen LogP contribution in [0, 0.1) is 0 Å². The van der Waals surface area contributed by atoms with Crippen LogP contribution in [0.3, 0.4) is 0 Å². The lowest BCUT2D eigenvalue weighted by atomic mass is 9.86. The third kappa shape index (κ3) is 4.31. The summed E-state index contributed by atoms with van der Waals surface area (Å²) < 4.78 is 77.5. The van der Waals surface area contributed by atoms with Crippen molar-refractivity contribution in [2.24, 2.45) is 0 Å². The van der Waals surface area contributed by atoms with Crippen LogP contribution in [0.25, 0.3) is 0 Å². The standard InChI is InChI=1S/C20H17F6NO/c21-19(22,23)15-7-5-14(6-8-15)18(28)27-11-9-13(10-12-27)16-3-1-2-4-17(16)20(24,25)26/h1-8,13H,9-12H2. The van der Waals surface area contributed by atoms with Gasteiger partial charge in [-0.1, -0.05) is 18.2 Å². The highest BCUT2D eigenvalue weighted by Crippen LogP contribution is 2.38. The Morgan fingerprint density at radius 2 is 1.39 bits per heavy atom. The maximum atomic E-state index is 13.2. The lowest BCUT2D eigenvalue weighted by molar-refractivity contribution is -0.139. The minimum absolute atomic E-state index is 0.127. The molecule has 3 rings (SSSR count). The summed E-state index contributed by atoms with van der Waals surface area (Å²) >= 11 is 0. The summed E-state index contributed by atoms with van der Waals surface area (Å²) in [6.45, 7) is 0.493. The van der Waals surface area contributed by atoms with Gasteiger partial charge in [-0.2, -0.15) is 26.3 Å². The molecule has 0 aromatic heterocycles. The number of likely N-dealkylation sites (tertiary alicyclic amines) is 1. The summed E-state index contributed by atoms with van der Waals surface area (Å²) in [6, 6.07) is 9.35. The Morgan fingerprint density at radius 3 is 1.93 bits per heavy atom. The minimum Gasteiger partial charge on any atom is -0.339 e. The van der Waals surface area contributed by atoms with Gasteiger partial charge in [0.15, 0.2) is 0 Å². The van der Waals surface area contributed by atoms with E-state index in [1.165, 1.54) is 17.0 Å². The fraction of sp³-hybridized carbons (Fsp3) is 0.350. The highest BCUT2D eigenvalue weighted by molar-refractivity contribution is 5.94. The monoisotopic (exact) mass is 401 g/mol. The van der Waals surface area contributed by atoms with Crippen molar-refractivity contribution < 1.29 is 31.1 Å². The smallest absolute Gasteiger partial charge is 0.339 e. The van der Waals surface area contributed by atoms with Gasteiger partial charge in [0, 0.05) is 18.7 Å². The zero-order valence-corrected chi connectivity index (χ0v) is 14.6. The van der Waals surface area contributed by atoms with Gasteiger partial charge in [0.05, 0.1) is 11.1 Å². The van der Waals surface area contributed by atoms with Gasteiger partial charge >= 0.3 is 12.4 Å². The van der Waals surface area contributed by atoms with Crippen molar-refractivity contribution >= 4 is 5.91 Å². The molecule has 0 radical (unpaired) electrons. The second-order valence-corrected chi connectivity index (χ2v) is 6.73. The van der Waals surface area contributed by atoms with E-state index in [1.807, 2.05) is 0 Å². The molecule has 1 fully saturated rings. The van der Waals surface area contributed by atoms with Gasteiger partial charge in [0.1, 0.15) is 0 Å². The van der Waals surface area contributed by atoms with E-state index >= 15 is 0 Å². The Bertz CT molecular complexity index is 833. The van der Waals surface area contributed by atoms with Crippen molar-refractivity contribution in [3.8, 4) is 0 Å². The van der Waals surface area contributed by atoms with Crippen molar-refractivity contribution in [2.45, 2.75) is 31.1 Å². The van der Waals surface area contributed by atoms with E-state index in [2.05, 4.69) is 0 Å². The summed E-state index contributed by atoms with van der Waals surface area (Å²) in [5.41, 5.74) is -1.16. The average molecular weight is 401 g/mol. The maximum absolute atomic E-state index is 13.2. The second kappa shape index (κ2) is 7.48. The van der Waals surface area contributed by atoms with Crippen LogP contribution in [0.5, 0.6) is 0 Å². The van der Waals surface area contributed by atoms with Gasteiger partial charge < -0.3 is 4.90 Å². The Labute approximate surface area is 157 Å². The predicted molar refractivity (Wildman–Crippen MR) is 90.8 cm³/mol. The summed E-state index contributed by atoms with van der Waals surface area (Å²) in [5.74, 6) is -0.745. The molecule has 1 amide bonds. The van der Waals surface area contributed by atoms with Crippen molar-refractivity contribution in [3.63, 3.8) is 0 Å². The lowest BCUT2D eigenvalue weighted by Crippen LogP contribution is -2.38. The van der Waals surface area contributed by atoms with Crippen LogP contribution in [-0.2, 0) is 12.4 Å². The number of carbonyl (C=O) groups excluding carboxylic acids is 1. The first-order valence-corrected chi connectivity index (χ1v) is 8.70. The Hall–Kier alpha value is -2.51. The molecule has 0 saturated carbocycles. The number of rotatable bonds is 2. The molecule has 0 aliphatic carbocycles. The molecule has 1 aliphatic heterocycles. The first-order chi connectivity index (χ1) is 13.1. The number of nitrogens with zero attached hydrogens (tertiary/aromatic N) is 1. The minimum atomic E-state index is -4.48. The highest BCUT2D eigenvalue weighted by atomic mass is 19.4. The van der Waals surface area contributed by atoms with Gasteiger partial charge in [0.25, 0.3) is 5.91 Å². The molecule has 0 N–H and O–H groups in total. The van der Waals surface area contributed by atoms with E-state index in [9.17, 15) is 31.1 Å². The third-order valence-electron chi connectivity index (χ3n) is 4.95. The zero-order chi connectivity index (χ0) is 20.5. The molecule has 0 spiro atoms. The molecular weight excluding hydrogens is 384 g/mol. The highest BCUT2D eigenvalue weighted by Gasteiger charge is 2.36. The number of carbonyl (C=O) groups is 1. The number of amides is 1. The second-order valence-electron chi connectivity index (χ2n) is 6.73. The van der Waals surface area contributed by atoms with Gasteiger partial charge in [-0.3, -0.25) is 4.79 Å². The van der Waals surface area contributed by atoms with Crippen LogP contribution in [-0.4, -0.2) is 23.9 Å². The Balaban J connectivity index is 1.68. The molecule has 2 aromatic rings. The molecule has 2 nitrogen and oxygen atoms in total.